The lowest BCUT2D eigenvalue weighted by Crippen LogP contribution is -2.27. The maximum Gasteiger partial charge on any atom is 0.270 e. The largest absolute Gasteiger partial charge is 0.350 e. The highest BCUT2D eigenvalue weighted by Gasteiger charge is 2.11. The molecule has 0 radical (unpaired) electrons. The van der Waals surface area contributed by atoms with Gasteiger partial charge in [0.2, 0.25) is 5.95 Å². The summed E-state index contributed by atoms with van der Waals surface area (Å²) >= 11 is 0. The number of rotatable bonds is 6. The van der Waals surface area contributed by atoms with Gasteiger partial charge >= 0.3 is 0 Å². The van der Waals surface area contributed by atoms with Crippen LogP contribution in [0.25, 0.3) is 0 Å². The molecule has 6 nitrogen and oxygen atoms in total. The van der Waals surface area contributed by atoms with Crippen molar-refractivity contribution in [3.8, 4) is 6.07 Å². The van der Waals surface area contributed by atoms with Crippen molar-refractivity contribution in [2.24, 2.45) is 0 Å². The number of amides is 1. The number of benzene rings is 2. The van der Waals surface area contributed by atoms with E-state index in [1.807, 2.05) is 0 Å². The fourth-order valence-corrected chi connectivity index (χ4v) is 2.64. The molecular formula is C21H18FN5O. The van der Waals surface area contributed by atoms with E-state index in [1.165, 1.54) is 6.07 Å². The van der Waals surface area contributed by atoms with E-state index < -0.39 is 0 Å². The van der Waals surface area contributed by atoms with Gasteiger partial charge in [-0.15, -0.1) is 0 Å². The third-order valence-corrected chi connectivity index (χ3v) is 3.97. The average molecular weight is 375 g/mol. The van der Waals surface area contributed by atoms with Gasteiger partial charge in [-0.05, 0) is 49.2 Å². The second kappa shape index (κ2) is 8.73. The molecule has 2 aromatic carbocycles. The molecule has 7 heteroatoms. The standard InChI is InChI=1S/C21H18FN5O/c1-14-11-19(20(28)24-10-9-16-6-2-3-8-18(16)22)27-21(25-14)26-17-7-4-5-15(12-17)13-23/h2-8,11-12H,9-10H2,1H3,(H,24,28)(H,25,26,27). The van der Waals surface area contributed by atoms with Crippen LogP contribution in [-0.2, 0) is 6.42 Å². The summed E-state index contributed by atoms with van der Waals surface area (Å²) in [5, 5.41) is 14.7. The molecule has 0 aliphatic heterocycles. The van der Waals surface area contributed by atoms with Crippen molar-refractivity contribution in [1.82, 2.24) is 15.3 Å². The van der Waals surface area contributed by atoms with Crippen LogP contribution in [0.3, 0.4) is 0 Å². The van der Waals surface area contributed by atoms with E-state index >= 15 is 0 Å². The number of hydrogen-bond donors (Lipinski definition) is 2. The summed E-state index contributed by atoms with van der Waals surface area (Å²) in [6, 6.07) is 17.0. The van der Waals surface area contributed by atoms with Gasteiger partial charge in [0.1, 0.15) is 11.5 Å². The molecule has 0 fully saturated rings. The molecule has 140 valence electrons. The van der Waals surface area contributed by atoms with Gasteiger partial charge in [0, 0.05) is 17.9 Å². The fourth-order valence-electron chi connectivity index (χ4n) is 2.64. The van der Waals surface area contributed by atoms with Crippen LogP contribution in [0.4, 0.5) is 16.0 Å². The van der Waals surface area contributed by atoms with Gasteiger partial charge in [-0.1, -0.05) is 24.3 Å². The topological polar surface area (TPSA) is 90.7 Å². The summed E-state index contributed by atoms with van der Waals surface area (Å²) in [7, 11) is 0. The lowest BCUT2D eigenvalue weighted by atomic mass is 10.1. The predicted octanol–water partition coefficient (Wildman–Crippen LogP) is 3.51. The SMILES string of the molecule is Cc1cc(C(=O)NCCc2ccccc2F)nc(Nc2cccc(C#N)c2)n1. The van der Waals surface area contributed by atoms with Crippen molar-refractivity contribution >= 4 is 17.5 Å². The highest BCUT2D eigenvalue weighted by atomic mass is 19.1. The predicted molar refractivity (Wildman–Crippen MR) is 104 cm³/mol. The monoisotopic (exact) mass is 375 g/mol. The smallest absolute Gasteiger partial charge is 0.270 e. The molecule has 2 N–H and O–H groups in total. The Balaban J connectivity index is 1.67. The Morgan fingerprint density at radius 2 is 1.96 bits per heavy atom. The summed E-state index contributed by atoms with van der Waals surface area (Å²) in [6.45, 7) is 2.05. The number of carbonyl (C=O) groups is 1. The Hall–Kier alpha value is -3.79. The number of nitriles is 1. The molecular weight excluding hydrogens is 357 g/mol. The van der Waals surface area contributed by atoms with Crippen LogP contribution in [0.5, 0.6) is 0 Å². The minimum atomic E-state index is -0.365. The van der Waals surface area contributed by atoms with Crippen LogP contribution in [0.2, 0.25) is 0 Å². The molecule has 28 heavy (non-hydrogen) atoms. The van der Waals surface area contributed by atoms with Crippen molar-refractivity contribution in [2.75, 3.05) is 11.9 Å². The summed E-state index contributed by atoms with van der Waals surface area (Å²) < 4.78 is 13.6. The van der Waals surface area contributed by atoms with Crippen molar-refractivity contribution in [1.29, 1.82) is 5.26 Å². The molecule has 0 saturated carbocycles. The third kappa shape index (κ3) is 4.89. The molecule has 1 heterocycles. The molecule has 0 bridgehead atoms. The van der Waals surface area contributed by atoms with Gasteiger partial charge < -0.3 is 10.6 Å². The molecule has 1 aromatic heterocycles. The molecule has 0 spiro atoms. The molecule has 0 aliphatic carbocycles. The molecule has 1 amide bonds. The van der Waals surface area contributed by atoms with Gasteiger partial charge in [-0.2, -0.15) is 5.26 Å². The highest BCUT2D eigenvalue weighted by Crippen LogP contribution is 2.15. The summed E-state index contributed by atoms with van der Waals surface area (Å²) in [5.74, 6) is -0.397. The number of aryl methyl sites for hydroxylation is 1. The number of nitrogens with zero attached hydrogens (tertiary/aromatic N) is 3. The Morgan fingerprint density at radius 3 is 2.75 bits per heavy atom. The normalized spacial score (nSPS) is 10.2. The fraction of sp³-hybridized carbons (Fsp3) is 0.143. The zero-order valence-corrected chi connectivity index (χ0v) is 15.2. The zero-order valence-electron chi connectivity index (χ0n) is 15.2. The molecule has 3 aromatic rings. The van der Waals surface area contributed by atoms with Crippen LogP contribution in [0.15, 0.2) is 54.6 Å². The van der Waals surface area contributed by atoms with Gasteiger partial charge in [-0.25, -0.2) is 14.4 Å². The van der Waals surface area contributed by atoms with E-state index in [0.29, 0.717) is 28.9 Å². The molecule has 0 unspecified atom stereocenters. The first-order valence-corrected chi connectivity index (χ1v) is 8.69. The van der Waals surface area contributed by atoms with Crippen molar-refractivity contribution < 1.29 is 9.18 Å². The Bertz CT molecular complexity index is 1040. The minimum absolute atomic E-state index is 0.208. The van der Waals surface area contributed by atoms with E-state index in [0.717, 1.165) is 0 Å². The first-order valence-electron chi connectivity index (χ1n) is 8.69. The Labute approximate surface area is 162 Å². The Morgan fingerprint density at radius 1 is 1.14 bits per heavy atom. The molecule has 0 atom stereocenters. The van der Waals surface area contributed by atoms with E-state index in [2.05, 4.69) is 26.7 Å². The number of nitrogens with one attached hydrogen (secondary N) is 2. The van der Waals surface area contributed by atoms with Crippen LogP contribution in [0.1, 0.15) is 27.3 Å². The minimum Gasteiger partial charge on any atom is -0.350 e. The van der Waals surface area contributed by atoms with E-state index in [4.69, 9.17) is 5.26 Å². The van der Waals surface area contributed by atoms with Gasteiger partial charge in [0.05, 0.1) is 11.6 Å². The lowest BCUT2D eigenvalue weighted by molar-refractivity contribution is 0.0949. The maximum atomic E-state index is 13.6. The summed E-state index contributed by atoms with van der Waals surface area (Å²) in [5.41, 5.74) is 2.52. The Kier molecular flexibility index (Phi) is 5.92. The first-order chi connectivity index (χ1) is 13.5. The van der Waals surface area contributed by atoms with Crippen molar-refractivity contribution in [3.63, 3.8) is 0 Å². The van der Waals surface area contributed by atoms with Gasteiger partial charge in [0.15, 0.2) is 0 Å². The second-order valence-electron chi connectivity index (χ2n) is 6.13. The molecule has 3 rings (SSSR count). The van der Waals surface area contributed by atoms with Gasteiger partial charge in [-0.3, -0.25) is 4.79 Å². The van der Waals surface area contributed by atoms with Gasteiger partial charge in [0.25, 0.3) is 5.91 Å². The van der Waals surface area contributed by atoms with Crippen LogP contribution >= 0.6 is 0 Å². The molecule has 0 saturated heterocycles. The number of hydrogen-bond acceptors (Lipinski definition) is 5. The average Bonchev–Trinajstić information content (AvgIpc) is 2.69. The van der Waals surface area contributed by atoms with Crippen LogP contribution in [0, 0.1) is 24.1 Å². The van der Waals surface area contributed by atoms with E-state index in [-0.39, 0.29) is 29.9 Å². The number of aromatic nitrogens is 2. The van der Waals surface area contributed by atoms with Crippen LogP contribution < -0.4 is 10.6 Å². The van der Waals surface area contributed by atoms with Crippen LogP contribution in [-0.4, -0.2) is 22.4 Å². The van der Waals surface area contributed by atoms with Crippen molar-refractivity contribution in [2.45, 2.75) is 13.3 Å². The highest BCUT2D eigenvalue weighted by molar-refractivity contribution is 5.92. The number of carbonyl (C=O) groups excluding carboxylic acids is 1. The third-order valence-electron chi connectivity index (χ3n) is 3.97. The van der Waals surface area contributed by atoms with E-state index in [9.17, 15) is 9.18 Å². The van der Waals surface area contributed by atoms with Crippen molar-refractivity contribution in [3.05, 3.63) is 82.9 Å². The van der Waals surface area contributed by atoms with E-state index in [1.54, 1.807) is 55.5 Å². The zero-order chi connectivity index (χ0) is 19.9. The maximum absolute atomic E-state index is 13.6. The number of halogens is 1. The summed E-state index contributed by atoms with van der Waals surface area (Å²) in [4.78, 5) is 20.9. The molecule has 0 aliphatic rings. The number of anilines is 2. The second-order valence-corrected chi connectivity index (χ2v) is 6.13. The quantitative estimate of drug-likeness (QED) is 0.688. The lowest BCUT2D eigenvalue weighted by Gasteiger charge is -2.09. The summed E-state index contributed by atoms with van der Waals surface area (Å²) in [6.07, 6.45) is 0.383. The first kappa shape index (κ1) is 19.0.